The molecule has 0 unspecified atom stereocenters. The van der Waals surface area contributed by atoms with Crippen LogP contribution < -0.4 is 5.32 Å². The Labute approximate surface area is 152 Å². The molecule has 2 aromatic heterocycles. The molecule has 1 amide bonds. The van der Waals surface area contributed by atoms with Gasteiger partial charge < -0.3 is 5.32 Å². The van der Waals surface area contributed by atoms with E-state index < -0.39 is 5.54 Å². The highest BCUT2D eigenvalue weighted by atomic mass is 79.9. The van der Waals surface area contributed by atoms with Gasteiger partial charge in [-0.05, 0) is 47.5 Å². The number of aromatic nitrogens is 4. The highest BCUT2D eigenvalue weighted by molar-refractivity contribution is 9.10. The van der Waals surface area contributed by atoms with Crippen molar-refractivity contribution >= 4 is 27.7 Å². The van der Waals surface area contributed by atoms with Crippen LogP contribution >= 0.6 is 15.9 Å². The van der Waals surface area contributed by atoms with Crippen molar-refractivity contribution < 1.29 is 9.18 Å². The third-order valence-corrected chi connectivity index (χ3v) is 4.23. The molecule has 0 aliphatic heterocycles. The summed E-state index contributed by atoms with van der Waals surface area (Å²) in [5.41, 5.74) is 0.0522. The smallest absolute Gasteiger partial charge is 0.252 e. The molecule has 0 fully saturated rings. The van der Waals surface area contributed by atoms with Crippen molar-refractivity contribution in [3.8, 4) is 0 Å². The number of nitrogens with one attached hydrogen (secondary N) is 1. The van der Waals surface area contributed by atoms with E-state index in [0.717, 1.165) is 10.0 Å². The second-order valence-corrected chi connectivity index (χ2v) is 7.06. The Balaban J connectivity index is 1.68. The van der Waals surface area contributed by atoms with Gasteiger partial charge in [0.15, 0.2) is 5.82 Å². The molecule has 130 valence electrons. The number of carbonyl (C=O) groups is 1. The fraction of sp³-hybridized carbons (Fsp3) is 0.235. The van der Waals surface area contributed by atoms with E-state index in [4.69, 9.17) is 0 Å². The van der Waals surface area contributed by atoms with E-state index in [0.29, 0.717) is 12.4 Å². The van der Waals surface area contributed by atoms with Crippen molar-refractivity contribution in [2.75, 3.05) is 5.32 Å². The first-order valence-corrected chi connectivity index (χ1v) is 8.44. The summed E-state index contributed by atoms with van der Waals surface area (Å²) >= 11 is 3.33. The number of rotatable bonds is 5. The molecule has 25 heavy (non-hydrogen) atoms. The average Bonchev–Trinajstić information content (AvgIpc) is 3.19. The maximum atomic E-state index is 12.9. The predicted octanol–water partition coefficient (Wildman–Crippen LogP) is 3.40. The summed E-state index contributed by atoms with van der Waals surface area (Å²) in [5.74, 6) is -0.0498. The number of nitrogens with zero attached hydrogens (tertiary/aromatic N) is 4. The number of hydrogen-bond donors (Lipinski definition) is 1. The summed E-state index contributed by atoms with van der Waals surface area (Å²) in [6.45, 7) is 4.04. The molecule has 2 heterocycles. The second-order valence-electron chi connectivity index (χ2n) is 6.14. The number of hydrogen-bond acceptors (Lipinski definition) is 3. The first-order chi connectivity index (χ1) is 11.8. The van der Waals surface area contributed by atoms with E-state index in [1.165, 1.54) is 12.1 Å². The van der Waals surface area contributed by atoms with Gasteiger partial charge in [0, 0.05) is 18.5 Å². The SMILES string of the molecule is CC(C)(C(=O)Nc1ccn(Cc2ccc(F)cc2)n1)n1cc(Br)cn1. The topological polar surface area (TPSA) is 64.7 Å². The molecule has 1 N–H and O–H groups in total. The van der Waals surface area contributed by atoms with Gasteiger partial charge in [-0.25, -0.2) is 4.39 Å². The van der Waals surface area contributed by atoms with Gasteiger partial charge >= 0.3 is 0 Å². The molecule has 0 saturated heterocycles. The van der Waals surface area contributed by atoms with Crippen molar-refractivity contribution in [3.05, 3.63) is 64.8 Å². The maximum Gasteiger partial charge on any atom is 0.252 e. The summed E-state index contributed by atoms with van der Waals surface area (Å²) in [5, 5.41) is 11.3. The Hall–Kier alpha value is -2.48. The Kier molecular flexibility index (Phi) is 4.71. The number of benzene rings is 1. The van der Waals surface area contributed by atoms with Gasteiger partial charge in [0.1, 0.15) is 11.4 Å². The van der Waals surface area contributed by atoms with Gasteiger partial charge in [0.25, 0.3) is 5.91 Å². The molecule has 3 rings (SSSR count). The van der Waals surface area contributed by atoms with E-state index in [1.807, 2.05) is 0 Å². The summed E-state index contributed by atoms with van der Waals surface area (Å²) in [7, 11) is 0. The summed E-state index contributed by atoms with van der Waals surface area (Å²) in [6.07, 6.45) is 5.13. The van der Waals surface area contributed by atoms with Crippen LogP contribution in [-0.4, -0.2) is 25.5 Å². The minimum absolute atomic E-state index is 0.227. The third kappa shape index (κ3) is 3.96. The molecular formula is C17H17BrFN5O. The van der Waals surface area contributed by atoms with Crippen LogP contribution in [0.2, 0.25) is 0 Å². The molecule has 6 nitrogen and oxygen atoms in total. The Morgan fingerprint density at radius 3 is 2.64 bits per heavy atom. The van der Waals surface area contributed by atoms with Crippen LogP contribution in [0.1, 0.15) is 19.4 Å². The molecule has 0 spiro atoms. The Morgan fingerprint density at radius 1 is 1.28 bits per heavy atom. The van der Waals surface area contributed by atoms with Gasteiger partial charge in [-0.3, -0.25) is 14.2 Å². The van der Waals surface area contributed by atoms with Crippen molar-refractivity contribution in [2.45, 2.75) is 25.9 Å². The van der Waals surface area contributed by atoms with Crippen LogP contribution in [0.4, 0.5) is 10.2 Å². The van der Waals surface area contributed by atoms with Gasteiger partial charge in [0.2, 0.25) is 0 Å². The molecular weight excluding hydrogens is 389 g/mol. The van der Waals surface area contributed by atoms with Gasteiger partial charge in [0.05, 0.1) is 17.2 Å². The van der Waals surface area contributed by atoms with Crippen LogP contribution in [0.25, 0.3) is 0 Å². The molecule has 0 aliphatic carbocycles. The van der Waals surface area contributed by atoms with Crippen molar-refractivity contribution in [1.29, 1.82) is 0 Å². The molecule has 0 aliphatic rings. The second kappa shape index (κ2) is 6.79. The summed E-state index contributed by atoms with van der Waals surface area (Å²) in [4.78, 5) is 12.6. The highest BCUT2D eigenvalue weighted by Gasteiger charge is 2.31. The normalized spacial score (nSPS) is 11.5. The highest BCUT2D eigenvalue weighted by Crippen LogP contribution is 2.19. The lowest BCUT2D eigenvalue weighted by Gasteiger charge is -2.23. The quantitative estimate of drug-likeness (QED) is 0.707. The van der Waals surface area contributed by atoms with E-state index in [9.17, 15) is 9.18 Å². The largest absolute Gasteiger partial charge is 0.307 e. The van der Waals surface area contributed by atoms with E-state index in [2.05, 4.69) is 31.4 Å². The molecule has 3 aromatic rings. The maximum absolute atomic E-state index is 12.9. The van der Waals surface area contributed by atoms with E-state index >= 15 is 0 Å². The molecule has 8 heteroatoms. The summed E-state index contributed by atoms with van der Waals surface area (Å²) < 4.78 is 17.0. The predicted molar refractivity (Wildman–Crippen MR) is 95.6 cm³/mol. The zero-order chi connectivity index (χ0) is 18.0. The van der Waals surface area contributed by atoms with E-state index in [-0.39, 0.29) is 11.7 Å². The van der Waals surface area contributed by atoms with Crippen molar-refractivity contribution in [1.82, 2.24) is 19.6 Å². The van der Waals surface area contributed by atoms with Crippen LogP contribution in [0, 0.1) is 5.82 Å². The van der Waals surface area contributed by atoms with Gasteiger partial charge in [-0.15, -0.1) is 0 Å². The lowest BCUT2D eigenvalue weighted by atomic mass is 10.1. The molecule has 0 saturated carbocycles. The molecule has 0 atom stereocenters. The number of amides is 1. The van der Waals surface area contributed by atoms with Crippen molar-refractivity contribution in [3.63, 3.8) is 0 Å². The monoisotopic (exact) mass is 405 g/mol. The van der Waals surface area contributed by atoms with E-state index in [1.54, 1.807) is 60.0 Å². The first kappa shape index (κ1) is 17.3. The first-order valence-electron chi connectivity index (χ1n) is 7.64. The minimum Gasteiger partial charge on any atom is -0.307 e. The average molecular weight is 406 g/mol. The van der Waals surface area contributed by atoms with Crippen LogP contribution in [0.5, 0.6) is 0 Å². The van der Waals surface area contributed by atoms with Crippen molar-refractivity contribution in [2.24, 2.45) is 0 Å². The summed E-state index contributed by atoms with van der Waals surface area (Å²) in [6, 6.07) is 7.94. The zero-order valence-corrected chi connectivity index (χ0v) is 15.4. The Morgan fingerprint density at radius 2 is 2.00 bits per heavy atom. The van der Waals surface area contributed by atoms with Gasteiger partial charge in [-0.1, -0.05) is 12.1 Å². The Bertz CT molecular complexity index is 885. The fourth-order valence-electron chi connectivity index (χ4n) is 2.27. The van der Waals surface area contributed by atoms with Crippen LogP contribution in [0.15, 0.2) is 53.4 Å². The lowest BCUT2D eigenvalue weighted by molar-refractivity contribution is -0.123. The lowest BCUT2D eigenvalue weighted by Crippen LogP contribution is -2.40. The third-order valence-electron chi connectivity index (χ3n) is 3.82. The zero-order valence-electron chi connectivity index (χ0n) is 13.8. The minimum atomic E-state index is -0.868. The molecule has 0 bridgehead atoms. The number of anilines is 1. The molecule has 0 radical (unpaired) electrons. The number of halogens is 2. The van der Waals surface area contributed by atoms with Crippen LogP contribution in [-0.2, 0) is 16.9 Å². The molecule has 1 aromatic carbocycles. The fourth-order valence-corrected chi connectivity index (χ4v) is 2.56. The standard InChI is InChI=1S/C17H17BrFN5O/c1-17(2,24-11-13(18)9-20-24)16(25)21-15-7-8-23(22-15)10-12-3-5-14(19)6-4-12/h3-9,11H,10H2,1-2H3,(H,21,22,25). The van der Waals surface area contributed by atoms with Gasteiger partial charge in [-0.2, -0.15) is 10.2 Å². The van der Waals surface area contributed by atoms with Crippen LogP contribution in [0.3, 0.4) is 0 Å². The number of carbonyl (C=O) groups excluding carboxylic acids is 1.